The second kappa shape index (κ2) is 3.21. The monoisotopic (exact) mass is 196 g/mol. The van der Waals surface area contributed by atoms with E-state index < -0.39 is 0 Å². The molecule has 0 amide bonds. The third-order valence-electron chi connectivity index (χ3n) is 4.62. The summed E-state index contributed by atoms with van der Waals surface area (Å²) in [6, 6.07) is 0.692. The molecule has 2 aliphatic heterocycles. The summed E-state index contributed by atoms with van der Waals surface area (Å²) in [6.07, 6.45) is 1.37. The van der Waals surface area contributed by atoms with E-state index in [0.29, 0.717) is 12.0 Å². The molecule has 82 valence electrons. The molecule has 0 aromatic heterocycles. The van der Waals surface area contributed by atoms with Crippen molar-refractivity contribution in [3.05, 3.63) is 0 Å². The molecule has 2 heterocycles. The largest absolute Gasteiger partial charge is 0.324 e. The summed E-state index contributed by atoms with van der Waals surface area (Å²) in [7, 11) is 0. The summed E-state index contributed by atoms with van der Waals surface area (Å²) < 4.78 is 0. The van der Waals surface area contributed by atoms with Gasteiger partial charge in [0.1, 0.15) is 0 Å². The van der Waals surface area contributed by atoms with Gasteiger partial charge in [0.15, 0.2) is 0 Å². The molecule has 3 fully saturated rings. The van der Waals surface area contributed by atoms with Gasteiger partial charge >= 0.3 is 0 Å². The number of nitrogens with two attached hydrogens (primary N) is 1. The van der Waals surface area contributed by atoms with Crippen LogP contribution in [-0.4, -0.2) is 29.6 Å². The van der Waals surface area contributed by atoms with Crippen molar-refractivity contribution in [2.24, 2.45) is 23.5 Å². The molecule has 2 saturated heterocycles. The standard InChI is InChI=1S/C12H24N2/c1-8(2)12(13)10-5-11(12)7-14(6-10)9(3)4/h8-11H,5-7,13H2,1-4H3. The van der Waals surface area contributed by atoms with Crippen LogP contribution in [0.1, 0.15) is 34.1 Å². The van der Waals surface area contributed by atoms with Crippen molar-refractivity contribution < 1.29 is 0 Å². The fraction of sp³-hybridized carbons (Fsp3) is 1.00. The third-order valence-corrected chi connectivity index (χ3v) is 4.62. The van der Waals surface area contributed by atoms with Crippen LogP contribution in [0.3, 0.4) is 0 Å². The average molecular weight is 196 g/mol. The molecule has 2 atom stereocenters. The molecular weight excluding hydrogens is 172 g/mol. The number of rotatable bonds is 2. The Morgan fingerprint density at radius 2 is 1.64 bits per heavy atom. The van der Waals surface area contributed by atoms with E-state index in [1.165, 1.54) is 19.5 Å². The van der Waals surface area contributed by atoms with Gasteiger partial charge in [-0.05, 0) is 38.0 Å². The molecule has 2 nitrogen and oxygen atoms in total. The van der Waals surface area contributed by atoms with E-state index >= 15 is 0 Å². The number of hydrogen-bond donors (Lipinski definition) is 1. The van der Waals surface area contributed by atoms with Gasteiger partial charge in [0, 0.05) is 24.7 Å². The van der Waals surface area contributed by atoms with Crippen molar-refractivity contribution in [3.63, 3.8) is 0 Å². The predicted octanol–water partition coefficient (Wildman–Crippen LogP) is 1.70. The number of nitrogens with zero attached hydrogens (tertiary/aromatic N) is 1. The number of piperidine rings is 2. The zero-order chi connectivity index (χ0) is 10.5. The maximum absolute atomic E-state index is 6.53. The van der Waals surface area contributed by atoms with Gasteiger partial charge < -0.3 is 10.6 Å². The minimum atomic E-state index is 0.158. The topological polar surface area (TPSA) is 29.3 Å². The fourth-order valence-electron chi connectivity index (χ4n) is 3.39. The van der Waals surface area contributed by atoms with Gasteiger partial charge in [-0.3, -0.25) is 0 Å². The van der Waals surface area contributed by atoms with E-state index in [-0.39, 0.29) is 5.54 Å². The average Bonchev–Trinajstić information content (AvgIpc) is 2.16. The van der Waals surface area contributed by atoms with Crippen LogP contribution >= 0.6 is 0 Å². The first-order chi connectivity index (χ1) is 6.46. The van der Waals surface area contributed by atoms with Crippen LogP contribution < -0.4 is 5.73 Å². The second-order valence-corrected chi connectivity index (χ2v) is 5.83. The molecule has 14 heavy (non-hydrogen) atoms. The lowest BCUT2D eigenvalue weighted by Gasteiger charge is -2.63. The van der Waals surface area contributed by atoms with Gasteiger partial charge in [0.05, 0.1) is 0 Å². The molecule has 0 radical (unpaired) electrons. The fourth-order valence-corrected chi connectivity index (χ4v) is 3.39. The van der Waals surface area contributed by atoms with Crippen molar-refractivity contribution in [2.45, 2.75) is 45.7 Å². The molecule has 0 aromatic rings. The molecule has 0 spiro atoms. The Kier molecular flexibility index (Phi) is 2.39. The highest BCUT2D eigenvalue weighted by Crippen LogP contribution is 2.51. The maximum atomic E-state index is 6.53. The lowest BCUT2D eigenvalue weighted by molar-refractivity contribution is -0.0980. The van der Waals surface area contributed by atoms with Gasteiger partial charge in [-0.2, -0.15) is 0 Å². The van der Waals surface area contributed by atoms with Crippen LogP contribution in [0.15, 0.2) is 0 Å². The summed E-state index contributed by atoms with van der Waals surface area (Å²) in [5, 5.41) is 0. The van der Waals surface area contributed by atoms with Crippen molar-refractivity contribution in [3.8, 4) is 0 Å². The molecule has 2 N–H and O–H groups in total. The van der Waals surface area contributed by atoms with Crippen molar-refractivity contribution in [1.29, 1.82) is 0 Å². The van der Waals surface area contributed by atoms with Crippen LogP contribution in [-0.2, 0) is 0 Å². The summed E-state index contributed by atoms with van der Waals surface area (Å²) >= 11 is 0. The molecule has 2 unspecified atom stereocenters. The Labute approximate surface area is 87.8 Å². The van der Waals surface area contributed by atoms with E-state index in [9.17, 15) is 0 Å². The van der Waals surface area contributed by atoms with Crippen LogP contribution in [0.4, 0.5) is 0 Å². The van der Waals surface area contributed by atoms with E-state index in [1.54, 1.807) is 0 Å². The van der Waals surface area contributed by atoms with E-state index in [4.69, 9.17) is 5.73 Å². The predicted molar refractivity (Wildman–Crippen MR) is 60.1 cm³/mol. The SMILES string of the molecule is CC(C)N1CC2CC(C1)C2(N)C(C)C. The van der Waals surface area contributed by atoms with Crippen molar-refractivity contribution in [2.75, 3.05) is 13.1 Å². The minimum absolute atomic E-state index is 0.158. The van der Waals surface area contributed by atoms with Gasteiger partial charge in [-0.1, -0.05) is 13.8 Å². The molecule has 1 aliphatic carbocycles. The second-order valence-electron chi connectivity index (χ2n) is 5.83. The van der Waals surface area contributed by atoms with Crippen LogP contribution in [0.2, 0.25) is 0 Å². The van der Waals surface area contributed by atoms with Gasteiger partial charge in [0.2, 0.25) is 0 Å². The maximum Gasteiger partial charge on any atom is 0.0259 e. The van der Waals surface area contributed by atoms with E-state index in [1.807, 2.05) is 0 Å². The Morgan fingerprint density at radius 1 is 1.14 bits per heavy atom. The quantitative estimate of drug-likeness (QED) is 0.728. The molecule has 2 bridgehead atoms. The van der Waals surface area contributed by atoms with Crippen molar-refractivity contribution >= 4 is 0 Å². The molecule has 3 rings (SSSR count). The summed E-state index contributed by atoms with van der Waals surface area (Å²) in [6.45, 7) is 11.6. The van der Waals surface area contributed by atoms with Gasteiger partial charge in [-0.25, -0.2) is 0 Å². The van der Waals surface area contributed by atoms with Crippen LogP contribution in [0.25, 0.3) is 0 Å². The van der Waals surface area contributed by atoms with Crippen LogP contribution in [0, 0.1) is 17.8 Å². The molecule has 0 aromatic carbocycles. The summed E-state index contributed by atoms with van der Waals surface area (Å²) in [4.78, 5) is 2.59. The summed E-state index contributed by atoms with van der Waals surface area (Å²) in [5.41, 5.74) is 6.69. The summed E-state index contributed by atoms with van der Waals surface area (Å²) in [5.74, 6) is 2.15. The molecule has 3 aliphatic rings. The first-order valence-electron chi connectivity index (χ1n) is 5.99. The Hall–Kier alpha value is -0.0800. The first-order valence-corrected chi connectivity index (χ1v) is 5.99. The Bertz CT molecular complexity index is 210. The van der Waals surface area contributed by atoms with Crippen molar-refractivity contribution in [1.82, 2.24) is 4.90 Å². The smallest absolute Gasteiger partial charge is 0.0259 e. The molecular formula is C12H24N2. The Balaban J connectivity index is 2.06. The minimum Gasteiger partial charge on any atom is -0.324 e. The molecule has 1 saturated carbocycles. The Morgan fingerprint density at radius 3 is 2.00 bits per heavy atom. The highest BCUT2D eigenvalue weighted by atomic mass is 15.2. The zero-order valence-corrected chi connectivity index (χ0v) is 9.96. The molecule has 2 heteroatoms. The van der Waals surface area contributed by atoms with Gasteiger partial charge in [-0.15, -0.1) is 0 Å². The lowest BCUT2D eigenvalue weighted by Crippen LogP contribution is -2.74. The van der Waals surface area contributed by atoms with E-state index in [2.05, 4.69) is 32.6 Å². The first kappa shape index (κ1) is 10.4. The third kappa shape index (κ3) is 1.24. The zero-order valence-electron chi connectivity index (χ0n) is 9.96. The van der Waals surface area contributed by atoms with Gasteiger partial charge in [0.25, 0.3) is 0 Å². The number of fused-ring (bicyclic) bond motifs is 2. The lowest BCUT2D eigenvalue weighted by atomic mass is 9.52. The van der Waals surface area contributed by atoms with Crippen LogP contribution in [0.5, 0.6) is 0 Å². The highest BCUT2D eigenvalue weighted by Gasteiger charge is 2.57. The number of hydrogen-bond acceptors (Lipinski definition) is 2. The van der Waals surface area contributed by atoms with E-state index in [0.717, 1.165) is 11.8 Å². The normalized spacial score (nSPS) is 43.1. The highest BCUT2D eigenvalue weighted by molar-refractivity contribution is 5.13.